The zero-order chi connectivity index (χ0) is 55.2. The molecule has 0 aromatic rings. The number of ketones is 1. The summed E-state index contributed by atoms with van der Waals surface area (Å²) in [4.78, 5) is 63.9. The number of carbonyl (C=O) groups excluding carboxylic acids is 5. The first-order valence-corrected chi connectivity index (χ1v) is 32.7. The summed E-state index contributed by atoms with van der Waals surface area (Å²) in [6.07, 6.45) is 56.2. The summed E-state index contributed by atoms with van der Waals surface area (Å²) < 4.78 is 23.2. The van der Waals surface area contributed by atoms with E-state index in [1.807, 2.05) is 6.08 Å². The van der Waals surface area contributed by atoms with Gasteiger partial charge in [-0.3, -0.25) is 24.0 Å². The lowest BCUT2D eigenvalue weighted by atomic mass is 9.47. The average Bonchev–Trinajstić information content (AvgIpc) is 3.75. The third-order valence-corrected chi connectivity index (χ3v) is 18.6. The molecule has 0 saturated heterocycles. The predicted octanol–water partition coefficient (Wildman–Crippen LogP) is 18.6. The first-order chi connectivity index (χ1) is 37.5. The zero-order valence-corrected chi connectivity index (χ0v) is 50.0. The fourth-order valence-electron chi connectivity index (χ4n) is 13.7. The molecule has 9 heteroatoms. The molecule has 3 saturated carbocycles. The Morgan fingerprint density at radius 3 is 1.40 bits per heavy atom. The van der Waals surface area contributed by atoms with E-state index in [9.17, 15) is 24.0 Å². The number of allylic oxidation sites excluding steroid dienone is 5. The highest BCUT2D eigenvalue weighted by atomic mass is 16.6. The van der Waals surface area contributed by atoms with Crippen LogP contribution in [0.5, 0.6) is 0 Å². The van der Waals surface area contributed by atoms with E-state index in [0.29, 0.717) is 55.6 Å². The maximum atomic E-state index is 13.2. The van der Waals surface area contributed by atoms with E-state index in [-0.39, 0.29) is 60.4 Å². The number of ether oxygens (including phenoxy) is 4. The molecular formula is C68H114O9. The van der Waals surface area contributed by atoms with Gasteiger partial charge in [0.25, 0.3) is 0 Å². The third kappa shape index (κ3) is 26.3. The van der Waals surface area contributed by atoms with Gasteiger partial charge >= 0.3 is 23.9 Å². The van der Waals surface area contributed by atoms with Crippen LogP contribution in [0.3, 0.4) is 0 Å². The number of esters is 4. The van der Waals surface area contributed by atoms with Crippen LogP contribution < -0.4 is 0 Å². The Morgan fingerprint density at radius 2 is 0.922 bits per heavy atom. The highest BCUT2D eigenvalue weighted by molar-refractivity contribution is 5.91. The summed E-state index contributed by atoms with van der Waals surface area (Å²) >= 11 is 0. The Bertz CT molecular complexity index is 1690. The number of hydrogen-bond donors (Lipinski definition) is 0. The highest BCUT2D eigenvalue weighted by Gasteiger charge is 2.60. The molecule has 440 valence electrons. The first-order valence-electron chi connectivity index (χ1n) is 32.7. The van der Waals surface area contributed by atoms with Crippen LogP contribution in [-0.2, 0) is 42.9 Å². The van der Waals surface area contributed by atoms with E-state index in [0.717, 1.165) is 141 Å². The van der Waals surface area contributed by atoms with Gasteiger partial charge in [-0.1, -0.05) is 186 Å². The largest absolute Gasteiger partial charge is 0.462 e. The summed E-state index contributed by atoms with van der Waals surface area (Å²) in [5.41, 5.74) is 1.60. The fraction of sp³-hybridized carbons (Fsp3) is 0.838. The van der Waals surface area contributed by atoms with Crippen molar-refractivity contribution in [2.45, 2.75) is 322 Å². The number of rotatable bonds is 45. The summed E-state index contributed by atoms with van der Waals surface area (Å²) in [7, 11) is 0. The smallest absolute Gasteiger partial charge is 0.306 e. The Kier molecular flexibility index (Phi) is 34.5. The van der Waals surface area contributed by atoms with E-state index in [1.54, 1.807) is 0 Å². The molecule has 4 aliphatic rings. The standard InChI is InChI=1S/C68H114O9/c1-5-7-9-11-13-15-17-19-21-23-25-27-29-33-37-41-63(70)74-54-58(55-75-64(71)42-38-34-30-28-26-24-22-20-18-16-14-12-10-8-6-2)76-65(72)43-39-35-31-32-36-40-44-66(73)77-62-48-47-60-59-46-45-56-53-57(69)49-51-67(56,3)61(59)50-52-68(60,62)4/h19-22,53,58-62H,5-18,23-52,54-55H2,1-4H3/b21-19-,22-20-/t59-,60-,61?,62-,67-,68-/m0/s1. The van der Waals surface area contributed by atoms with Crippen LogP contribution in [0.2, 0.25) is 0 Å². The van der Waals surface area contributed by atoms with Crippen LogP contribution >= 0.6 is 0 Å². The van der Waals surface area contributed by atoms with E-state index in [2.05, 4.69) is 52.0 Å². The number of unbranched alkanes of at least 4 members (excludes halogenated alkanes) is 27. The molecule has 0 aromatic carbocycles. The minimum atomic E-state index is -0.836. The van der Waals surface area contributed by atoms with Gasteiger partial charge in [-0.2, -0.15) is 0 Å². The summed E-state index contributed by atoms with van der Waals surface area (Å²) in [5.74, 6) is 1.11. The van der Waals surface area contributed by atoms with Crippen molar-refractivity contribution in [2.75, 3.05) is 13.2 Å². The number of carbonyl (C=O) groups is 5. The molecule has 0 radical (unpaired) electrons. The number of fused-ring (bicyclic) bond motifs is 5. The lowest BCUT2D eigenvalue weighted by molar-refractivity contribution is -0.167. The molecule has 0 spiro atoms. The molecule has 4 aliphatic carbocycles. The average molecular weight is 1080 g/mol. The van der Waals surface area contributed by atoms with Crippen molar-refractivity contribution in [1.29, 1.82) is 0 Å². The van der Waals surface area contributed by atoms with Gasteiger partial charge < -0.3 is 18.9 Å². The van der Waals surface area contributed by atoms with Crippen LogP contribution in [0.15, 0.2) is 36.0 Å². The van der Waals surface area contributed by atoms with Crippen molar-refractivity contribution in [3.63, 3.8) is 0 Å². The SMILES string of the molecule is CCCCCCCC/C=C\CCCCCCCC(=O)OCC(COC(=O)CCCCCCC/C=C\CCCCCCCC)OC(=O)CCCCCCCCC(=O)O[C@H]1CC[C@H]2[C@@H]3CCC4=CC(=O)CC[C@]4(C)C3CC[C@]12C. The van der Waals surface area contributed by atoms with E-state index < -0.39 is 6.10 Å². The normalized spacial score (nSPS) is 23.0. The second kappa shape index (κ2) is 40.0. The molecular weight excluding hydrogens is 961 g/mol. The van der Waals surface area contributed by atoms with Gasteiger partial charge in [0.05, 0.1) is 0 Å². The molecule has 0 heterocycles. The van der Waals surface area contributed by atoms with E-state index in [1.165, 1.54) is 108 Å². The van der Waals surface area contributed by atoms with Crippen molar-refractivity contribution in [1.82, 2.24) is 0 Å². The summed E-state index contributed by atoms with van der Waals surface area (Å²) in [6.45, 7) is 9.08. The van der Waals surface area contributed by atoms with Crippen molar-refractivity contribution in [3.05, 3.63) is 36.0 Å². The quantitative estimate of drug-likeness (QED) is 0.0254. The van der Waals surface area contributed by atoms with Crippen LogP contribution in [0.4, 0.5) is 0 Å². The molecule has 0 amide bonds. The summed E-state index contributed by atoms with van der Waals surface area (Å²) in [5, 5.41) is 0. The fourth-order valence-corrected chi connectivity index (χ4v) is 13.7. The van der Waals surface area contributed by atoms with Crippen molar-refractivity contribution < 1.29 is 42.9 Å². The van der Waals surface area contributed by atoms with Gasteiger partial charge in [0.1, 0.15) is 19.3 Å². The van der Waals surface area contributed by atoms with Crippen molar-refractivity contribution >= 4 is 29.7 Å². The molecule has 4 rings (SSSR count). The van der Waals surface area contributed by atoms with E-state index in [4.69, 9.17) is 18.9 Å². The van der Waals surface area contributed by atoms with Gasteiger partial charge in [-0.15, -0.1) is 0 Å². The minimum absolute atomic E-state index is 0.00100. The molecule has 9 nitrogen and oxygen atoms in total. The second-order valence-corrected chi connectivity index (χ2v) is 24.8. The van der Waals surface area contributed by atoms with E-state index >= 15 is 0 Å². The Labute approximate surface area is 470 Å². The highest BCUT2D eigenvalue weighted by Crippen LogP contribution is 2.65. The Hall–Kier alpha value is -3.23. The lowest BCUT2D eigenvalue weighted by Gasteiger charge is -2.57. The predicted molar refractivity (Wildman–Crippen MR) is 314 cm³/mol. The lowest BCUT2D eigenvalue weighted by Crippen LogP contribution is -2.51. The molecule has 6 atom stereocenters. The minimum Gasteiger partial charge on any atom is -0.462 e. The van der Waals surface area contributed by atoms with Gasteiger partial charge in [-0.25, -0.2) is 0 Å². The van der Waals surface area contributed by atoms with Crippen molar-refractivity contribution in [3.8, 4) is 0 Å². The molecule has 1 unspecified atom stereocenters. The van der Waals surface area contributed by atoms with Crippen LogP contribution in [0.25, 0.3) is 0 Å². The van der Waals surface area contributed by atoms with Gasteiger partial charge in [0.15, 0.2) is 11.9 Å². The first kappa shape index (κ1) is 66.3. The molecule has 77 heavy (non-hydrogen) atoms. The molecule has 0 bridgehead atoms. The van der Waals surface area contributed by atoms with Crippen LogP contribution in [0, 0.1) is 28.6 Å². The Morgan fingerprint density at radius 1 is 0.494 bits per heavy atom. The van der Waals surface area contributed by atoms with Gasteiger partial charge in [-0.05, 0) is 151 Å². The Balaban J connectivity index is 1.07. The van der Waals surface area contributed by atoms with Crippen molar-refractivity contribution in [2.24, 2.45) is 28.6 Å². The molecule has 0 N–H and O–H groups in total. The van der Waals surface area contributed by atoms with Gasteiger partial charge in [0.2, 0.25) is 0 Å². The second-order valence-electron chi connectivity index (χ2n) is 24.8. The zero-order valence-electron chi connectivity index (χ0n) is 50.0. The topological polar surface area (TPSA) is 122 Å². The maximum absolute atomic E-state index is 13.2. The van der Waals surface area contributed by atoms with Gasteiger partial charge in [0, 0.05) is 37.5 Å². The summed E-state index contributed by atoms with van der Waals surface area (Å²) in [6, 6.07) is 0. The van der Waals surface area contributed by atoms with Crippen LogP contribution in [-0.4, -0.2) is 55.1 Å². The van der Waals surface area contributed by atoms with Crippen LogP contribution in [0.1, 0.15) is 310 Å². The number of hydrogen-bond acceptors (Lipinski definition) is 9. The molecule has 0 aromatic heterocycles. The molecule has 3 fully saturated rings. The maximum Gasteiger partial charge on any atom is 0.306 e. The molecule has 0 aliphatic heterocycles. The third-order valence-electron chi connectivity index (χ3n) is 18.6. The monoisotopic (exact) mass is 1070 g/mol.